The molecule has 0 bridgehead atoms. The molecular formula is C23H18N6O. The van der Waals surface area contributed by atoms with Gasteiger partial charge in [0.05, 0.1) is 11.7 Å². The van der Waals surface area contributed by atoms with E-state index in [0.717, 1.165) is 33.1 Å². The van der Waals surface area contributed by atoms with Crippen LogP contribution >= 0.6 is 0 Å². The molecule has 0 aliphatic carbocycles. The van der Waals surface area contributed by atoms with Gasteiger partial charge < -0.3 is 15.0 Å². The maximum atomic E-state index is 9.36. The highest BCUT2D eigenvalue weighted by atomic mass is 16.5. The Morgan fingerprint density at radius 2 is 2.03 bits per heavy atom. The second-order valence-electron chi connectivity index (χ2n) is 7.04. The summed E-state index contributed by atoms with van der Waals surface area (Å²) in [5.74, 6) is 1.13. The van der Waals surface area contributed by atoms with Crippen LogP contribution in [0.2, 0.25) is 0 Å². The van der Waals surface area contributed by atoms with Crippen LogP contribution in [0.4, 0.5) is 11.5 Å². The number of H-pyrrole nitrogens is 1. The molecule has 0 fully saturated rings. The molecule has 2 aromatic carbocycles. The minimum atomic E-state index is 0.290. The molecule has 5 aromatic rings. The monoisotopic (exact) mass is 394 g/mol. The lowest BCUT2D eigenvalue weighted by molar-refractivity contribution is 0.306. The topological polar surface area (TPSA) is 91.6 Å². The normalized spacial score (nSPS) is 10.9. The van der Waals surface area contributed by atoms with Crippen LogP contribution in [-0.2, 0) is 13.7 Å². The number of aromatic amines is 1. The first-order valence-electron chi connectivity index (χ1n) is 9.48. The van der Waals surface area contributed by atoms with Gasteiger partial charge in [0, 0.05) is 42.0 Å². The molecule has 7 nitrogen and oxygen atoms in total. The number of hydrogen-bond donors (Lipinski definition) is 2. The molecule has 7 heteroatoms. The SMILES string of the molecule is Cn1ncc2cc(COc3cc(C#N)nc(Nc4ccc5cc[nH]c5c4)c3)ccc21. The number of nitriles is 1. The average Bonchev–Trinajstić information content (AvgIpc) is 3.38. The van der Waals surface area contributed by atoms with E-state index in [0.29, 0.717) is 23.9 Å². The maximum Gasteiger partial charge on any atom is 0.146 e. The van der Waals surface area contributed by atoms with Gasteiger partial charge in [-0.1, -0.05) is 12.1 Å². The van der Waals surface area contributed by atoms with E-state index in [2.05, 4.69) is 32.5 Å². The van der Waals surface area contributed by atoms with Gasteiger partial charge in [-0.3, -0.25) is 4.68 Å². The van der Waals surface area contributed by atoms with Crippen LogP contribution < -0.4 is 10.1 Å². The van der Waals surface area contributed by atoms with Gasteiger partial charge in [0.15, 0.2) is 0 Å². The average molecular weight is 394 g/mol. The molecule has 30 heavy (non-hydrogen) atoms. The number of nitrogens with zero attached hydrogens (tertiary/aromatic N) is 4. The largest absolute Gasteiger partial charge is 0.489 e. The highest BCUT2D eigenvalue weighted by molar-refractivity contribution is 5.83. The Hall–Kier alpha value is -4.31. The molecular weight excluding hydrogens is 376 g/mol. The summed E-state index contributed by atoms with van der Waals surface area (Å²) in [4.78, 5) is 7.53. The molecule has 0 atom stereocenters. The molecule has 0 unspecified atom stereocenters. The number of aryl methyl sites for hydroxylation is 1. The summed E-state index contributed by atoms with van der Waals surface area (Å²) < 4.78 is 7.80. The number of aromatic nitrogens is 4. The van der Waals surface area contributed by atoms with Gasteiger partial charge in [0.2, 0.25) is 0 Å². The van der Waals surface area contributed by atoms with Gasteiger partial charge in [0.1, 0.15) is 29.9 Å². The quantitative estimate of drug-likeness (QED) is 0.453. The molecule has 3 heterocycles. The van der Waals surface area contributed by atoms with Crippen molar-refractivity contribution >= 4 is 33.3 Å². The van der Waals surface area contributed by atoms with Gasteiger partial charge in [-0.05, 0) is 41.3 Å². The number of fused-ring (bicyclic) bond motifs is 2. The molecule has 5 rings (SSSR count). The Kier molecular flexibility index (Phi) is 4.30. The molecule has 0 saturated carbocycles. The first-order valence-corrected chi connectivity index (χ1v) is 9.48. The van der Waals surface area contributed by atoms with Crippen LogP contribution in [0.3, 0.4) is 0 Å². The number of anilines is 2. The molecule has 146 valence electrons. The summed E-state index contributed by atoms with van der Waals surface area (Å²) in [6.07, 6.45) is 3.74. The van der Waals surface area contributed by atoms with Crippen LogP contribution in [0.5, 0.6) is 5.75 Å². The van der Waals surface area contributed by atoms with Crippen LogP contribution in [0, 0.1) is 11.3 Å². The van der Waals surface area contributed by atoms with Crippen molar-refractivity contribution in [1.29, 1.82) is 5.26 Å². The zero-order valence-corrected chi connectivity index (χ0v) is 16.3. The van der Waals surface area contributed by atoms with Gasteiger partial charge in [-0.25, -0.2) is 4.98 Å². The molecule has 0 amide bonds. The fourth-order valence-corrected chi connectivity index (χ4v) is 3.45. The maximum absolute atomic E-state index is 9.36. The summed E-state index contributed by atoms with van der Waals surface area (Å²) in [5.41, 5.74) is 4.29. The van der Waals surface area contributed by atoms with Gasteiger partial charge in [-0.2, -0.15) is 10.4 Å². The molecule has 0 aliphatic rings. The standard InChI is InChI=1S/C23H18N6O/c1-29-22-5-2-15(8-17(22)13-26-29)14-30-20-9-19(12-24)28-23(11-20)27-18-4-3-16-6-7-25-21(16)10-18/h2-11,13,25H,14H2,1H3,(H,27,28). The van der Waals surface area contributed by atoms with E-state index < -0.39 is 0 Å². The van der Waals surface area contributed by atoms with E-state index in [-0.39, 0.29) is 0 Å². The molecule has 2 N–H and O–H groups in total. The third-order valence-corrected chi connectivity index (χ3v) is 4.96. The van der Waals surface area contributed by atoms with Crippen molar-refractivity contribution in [1.82, 2.24) is 19.7 Å². The third-order valence-electron chi connectivity index (χ3n) is 4.96. The number of pyridine rings is 1. The van der Waals surface area contributed by atoms with Crippen molar-refractivity contribution in [2.75, 3.05) is 5.32 Å². The van der Waals surface area contributed by atoms with Gasteiger partial charge in [0.25, 0.3) is 0 Å². The highest BCUT2D eigenvalue weighted by Gasteiger charge is 2.07. The van der Waals surface area contributed by atoms with Crippen LogP contribution in [-0.4, -0.2) is 19.7 Å². The predicted molar refractivity (Wildman–Crippen MR) is 116 cm³/mol. The predicted octanol–water partition coefficient (Wildman–Crippen LogP) is 4.64. The number of benzene rings is 2. The molecule has 3 aromatic heterocycles. The smallest absolute Gasteiger partial charge is 0.146 e. The Labute approximate surface area is 172 Å². The first-order chi connectivity index (χ1) is 14.7. The van der Waals surface area contributed by atoms with E-state index in [9.17, 15) is 5.26 Å². The zero-order valence-electron chi connectivity index (χ0n) is 16.3. The van der Waals surface area contributed by atoms with E-state index in [1.54, 1.807) is 12.1 Å². The molecule has 0 spiro atoms. The lowest BCUT2D eigenvalue weighted by Gasteiger charge is -2.11. The summed E-state index contributed by atoms with van der Waals surface area (Å²) >= 11 is 0. The van der Waals surface area contributed by atoms with E-state index in [1.165, 1.54) is 0 Å². The Balaban J connectivity index is 1.37. The van der Waals surface area contributed by atoms with E-state index in [1.807, 2.05) is 60.5 Å². The lowest BCUT2D eigenvalue weighted by atomic mass is 10.2. The second kappa shape index (κ2) is 7.26. The number of hydrogen-bond acceptors (Lipinski definition) is 5. The van der Waals surface area contributed by atoms with Crippen LogP contribution in [0.1, 0.15) is 11.3 Å². The van der Waals surface area contributed by atoms with Crippen molar-refractivity contribution in [3.8, 4) is 11.8 Å². The molecule has 0 aliphatic heterocycles. The number of rotatable bonds is 5. The first kappa shape index (κ1) is 17.8. The van der Waals surface area contributed by atoms with Crippen molar-refractivity contribution in [2.45, 2.75) is 6.61 Å². The summed E-state index contributed by atoms with van der Waals surface area (Å²) in [6, 6.07) is 19.6. The lowest BCUT2D eigenvalue weighted by Crippen LogP contribution is -2.00. The second-order valence-corrected chi connectivity index (χ2v) is 7.04. The van der Waals surface area contributed by atoms with Gasteiger partial charge >= 0.3 is 0 Å². The van der Waals surface area contributed by atoms with Crippen molar-refractivity contribution < 1.29 is 4.74 Å². The van der Waals surface area contributed by atoms with E-state index >= 15 is 0 Å². The van der Waals surface area contributed by atoms with Crippen molar-refractivity contribution in [3.63, 3.8) is 0 Å². The summed E-state index contributed by atoms with van der Waals surface area (Å²) in [6.45, 7) is 0.383. The Bertz CT molecular complexity index is 1410. The fraction of sp³-hybridized carbons (Fsp3) is 0.0870. The van der Waals surface area contributed by atoms with Gasteiger partial charge in [-0.15, -0.1) is 0 Å². The minimum Gasteiger partial charge on any atom is -0.489 e. The Morgan fingerprint density at radius 1 is 1.10 bits per heavy atom. The van der Waals surface area contributed by atoms with E-state index in [4.69, 9.17) is 4.74 Å². The summed E-state index contributed by atoms with van der Waals surface area (Å²) in [7, 11) is 1.92. The minimum absolute atomic E-state index is 0.290. The number of ether oxygens (including phenoxy) is 1. The molecule has 0 radical (unpaired) electrons. The number of nitrogens with one attached hydrogen (secondary N) is 2. The van der Waals surface area contributed by atoms with Crippen LogP contribution in [0.25, 0.3) is 21.8 Å². The third kappa shape index (κ3) is 3.42. The van der Waals surface area contributed by atoms with Crippen molar-refractivity contribution in [2.24, 2.45) is 7.05 Å². The Morgan fingerprint density at radius 3 is 2.93 bits per heavy atom. The molecule has 0 saturated heterocycles. The summed E-state index contributed by atoms with van der Waals surface area (Å²) in [5, 5.41) is 19.1. The van der Waals surface area contributed by atoms with Crippen molar-refractivity contribution in [3.05, 3.63) is 78.2 Å². The highest BCUT2D eigenvalue weighted by Crippen LogP contribution is 2.25. The van der Waals surface area contributed by atoms with Crippen LogP contribution in [0.15, 0.2) is 67.0 Å². The zero-order chi connectivity index (χ0) is 20.5. The fourth-order valence-electron chi connectivity index (χ4n) is 3.45.